The molecule has 3 heteroatoms. The SMILES string of the molecule is NC[C@@H]1Cc2ccccc2[C@H](c2ccc(Cl)c(Cl)c2)C1. The van der Waals surface area contributed by atoms with E-state index in [-0.39, 0.29) is 0 Å². The molecule has 0 radical (unpaired) electrons. The van der Waals surface area contributed by atoms with E-state index in [1.54, 1.807) is 0 Å². The van der Waals surface area contributed by atoms with Crippen molar-refractivity contribution in [3.63, 3.8) is 0 Å². The average molecular weight is 306 g/mol. The average Bonchev–Trinajstić information content (AvgIpc) is 2.49. The van der Waals surface area contributed by atoms with Crippen LogP contribution in [0.5, 0.6) is 0 Å². The first kappa shape index (κ1) is 13.9. The van der Waals surface area contributed by atoms with E-state index in [2.05, 4.69) is 30.3 Å². The fourth-order valence-corrected chi connectivity index (χ4v) is 3.45. The van der Waals surface area contributed by atoms with Crippen LogP contribution in [0.3, 0.4) is 0 Å². The van der Waals surface area contributed by atoms with Crippen LogP contribution in [0.25, 0.3) is 0 Å². The van der Waals surface area contributed by atoms with Crippen LogP contribution in [0.4, 0.5) is 0 Å². The zero-order valence-electron chi connectivity index (χ0n) is 11.2. The first-order chi connectivity index (χ1) is 9.69. The molecule has 3 rings (SSSR count). The number of nitrogens with two attached hydrogens (primary N) is 1. The zero-order valence-corrected chi connectivity index (χ0v) is 12.7. The Kier molecular flexibility index (Phi) is 4.02. The Morgan fingerprint density at radius 1 is 1.05 bits per heavy atom. The lowest BCUT2D eigenvalue weighted by atomic mass is 9.74. The van der Waals surface area contributed by atoms with Crippen molar-refractivity contribution >= 4 is 23.2 Å². The molecule has 0 fully saturated rings. The molecule has 1 nitrogen and oxygen atoms in total. The highest BCUT2D eigenvalue weighted by atomic mass is 35.5. The predicted molar refractivity (Wildman–Crippen MR) is 85.6 cm³/mol. The molecule has 0 aromatic heterocycles. The summed E-state index contributed by atoms with van der Waals surface area (Å²) < 4.78 is 0. The largest absolute Gasteiger partial charge is 0.330 e. The van der Waals surface area contributed by atoms with Gasteiger partial charge in [-0.2, -0.15) is 0 Å². The number of hydrogen-bond donors (Lipinski definition) is 1. The Morgan fingerprint density at radius 2 is 1.85 bits per heavy atom. The first-order valence-electron chi connectivity index (χ1n) is 6.92. The molecule has 2 atom stereocenters. The van der Waals surface area contributed by atoms with Crippen molar-refractivity contribution in [1.82, 2.24) is 0 Å². The third-order valence-corrected chi connectivity index (χ3v) is 4.93. The van der Waals surface area contributed by atoms with E-state index in [9.17, 15) is 0 Å². The minimum absolute atomic E-state index is 0.364. The van der Waals surface area contributed by atoms with Crippen molar-refractivity contribution in [1.29, 1.82) is 0 Å². The van der Waals surface area contributed by atoms with Crippen molar-refractivity contribution in [2.75, 3.05) is 6.54 Å². The second kappa shape index (κ2) is 5.77. The Morgan fingerprint density at radius 3 is 2.60 bits per heavy atom. The summed E-state index contributed by atoms with van der Waals surface area (Å²) in [6.45, 7) is 0.728. The van der Waals surface area contributed by atoms with Crippen LogP contribution in [-0.4, -0.2) is 6.54 Å². The number of hydrogen-bond acceptors (Lipinski definition) is 1. The highest BCUT2D eigenvalue weighted by Crippen LogP contribution is 2.40. The molecule has 0 aliphatic heterocycles. The summed E-state index contributed by atoms with van der Waals surface area (Å²) in [7, 11) is 0. The lowest BCUT2D eigenvalue weighted by Gasteiger charge is -2.31. The van der Waals surface area contributed by atoms with E-state index in [1.807, 2.05) is 12.1 Å². The zero-order chi connectivity index (χ0) is 14.1. The maximum absolute atomic E-state index is 6.17. The summed E-state index contributed by atoms with van der Waals surface area (Å²) in [5.41, 5.74) is 9.94. The summed E-state index contributed by atoms with van der Waals surface area (Å²) in [4.78, 5) is 0. The van der Waals surface area contributed by atoms with E-state index in [0.717, 1.165) is 19.4 Å². The molecule has 0 unspecified atom stereocenters. The lowest BCUT2D eigenvalue weighted by molar-refractivity contribution is 0.437. The van der Waals surface area contributed by atoms with Gasteiger partial charge in [-0.15, -0.1) is 0 Å². The fraction of sp³-hybridized carbons (Fsp3) is 0.294. The van der Waals surface area contributed by atoms with Gasteiger partial charge < -0.3 is 5.73 Å². The van der Waals surface area contributed by atoms with Gasteiger partial charge in [-0.05, 0) is 54.1 Å². The van der Waals surface area contributed by atoms with E-state index in [0.29, 0.717) is 21.9 Å². The third kappa shape index (κ3) is 2.58. The van der Waals surface area contributed by atoms with Crippen molar-refractivity contribution in [3.05, 3.63) is 69.2 Å². The molecule has 1 aliphatic carbocycles. The number of halogens is 2. The van der Waals surface area contributed by atoms with Gasteiger partial charge in [0, 0.05) is 5.92 Å². The quantitative estimate of drug-likeness (QED) is 0.859. The molecular weight excluding hydrogens is 289 g/mol. The first-order valence-corrected chi connectivity index (χ1v) is 7.67. The van der Waals surface area contributed by atoms with Gasteiger partial charge in [-0.25, -0.2) is 0 Å². The molecule has 104 valence electrons. The van der Waals surface area contributed by atoms with E-state index >= 15 is 0 Å². The maximum Gasteiger partial charge on any atom is 0.0595 e. The van der Waals surface area contributed by atoms with Crippen LogP contribution >= 0.6 is 23.2 Å². The highest BCUT2D eigenvalue weighted by Gasteiger charge is 2.27. The van der Waals surface area contributed by atoms with Gasteiger partial charge in [0.25, 0.3) is 0 Å². The van der Waals surface area contributed by atoms with Crippen LogP contribution in [0.1, 0.15) is 29.0 Å². The van der Waals surface area contributed by atoms with Crippen molar-refractivity contribution < 1.29 is 0 Å². The molecule has 0 heterocycles. The van der Waals surface area contributed by atoms with Crippen LogP contribution in [0.2, 0.25) is 10.0 Å². The Bertz CT molecular complexity index is 624. The van der Waals surface area contributed by atoms with Gasteiger partial charge in [-0.3, -0.25) is 0 Å². The minimum Gasteiger partial charge on any atom is -0.330 e. The van der Waals surface area contributed by atoms with Gasteiger partial charge in [0.1, 0.15) is 0 Å². The van der Waals surface area contributed by atoms with Gasteiger partial charge >= 0.3 is 0 Å². The Labute approximate surface area is 129 Å². The summed E-state index contributed by atoms with van der Waals surface area (Å²) >= 11 is 12.2. The summed E-state index contributed by atoms with van der Waals surface area (Å²) in [5, 5.41) is 1.23. The smallest absolute Gasteiger partial charge is 0.0595 e. The van der Waals surface area contributed by atoms with Crippen LogP contribution in [0, 0.1) is 5.92 Å². The van der Waals surface area contributed by atoms with Crippen molar-refractivity contribution in [2.24, 2.45) is 11.7 Å². The second-order valence-electron chi connectivity index (χ2n) is 5.47. The molecule has 2 N–H and O–H groups in total. The third-order valence-electron chi connectivity index (χ3n) is 4.19. The van der Waals surface area contributed by atoms with Crippen LogP contribution in [0.15, 0.2) is 42.5 Å². The highest BCUT2D eigenvalue weighted by molar-refractivity contribution is 6.42. The Balaban J connectivity index is 2.05. The minimum atomic E-state index is 0.364. The fourth-order valence-electron chi connectivity index (χ4n) is 3.14. The standard InChI is InChI=1S/C17H17Cl2N/c18-16-6-5-13(9-17(16)19)15-8-11(10-20)7-12-3-1-2-4-14(12)15/h1-6,9,11,15H,7-8,10,20H2/t11-,15+/m1/s1. The normalized spacial score (nSPS) is 21.6. The van der Waals surface area contributed by atoms with Gasteiger partial charge in [0.15, 0.2) is 0 Å². The number of rotatable bonds is 2. The maximum atomic E-state index is 6.17. The predicted octanol–water partition coefficient (Wildman–Crippen LogP) is 4.65. The molecule has 0 amide bonds. The van der Waals surface area contributed by atoms with Crippen LogP contribution in [-0.2, 0) is 6.42 Å². The molecule has 2 aromatic carbocycles. The lowest BCUT2D eigenvalue weighted by Crippen LogP contribution is -2.25. The van der Waals surface area contributed by atoms with E-state index < -0.39 is 0 Å². The van der Waals surface area contributed by atoms with Crippen molar-refractivity contribution in [3.8, 4) is 0 Å². The van der Waals surface area contributed by atoms with Crippen molar-refractivity contribution in [2.45, 2.75) is 18.8 Å². The molecule has 0 bridgehead atoms. The van der Waals surface area contributed by atoms with E-state index in [4.69, 9.17) is 28.9 Å². The Hall–Kier alpha value is -1.02. The van der Waals surface area contributed by atoms with Gasteiger partial charge in [0.05, 0.1) is 10.0 Å². The summed E-state index contributed by atoms with van der Waals surface area (Å²) in [6, 6.07) is 14.6. The van der Waals surface area contributed by atoms with E-state index in [1.165, 1.54) is 16.7 Å². The molecule has 0 saturated heterocycles. The number of benzene rings is 2. The molecule has 0 spiro atoms. The monoisotopic (exact) mass is 305 g/mol. The number of fused-ring (bicyclic) bond motifs is 1. The second-order valence-corrected chi connectivity index (χ2v) is 6.28. The van der Waals surface area contributed by atoms with Gasteiger partial charge in [0.2, 0.25) is 0 Å². The molecule has 0 saturated carbocycles. The van der Waals surface area contributed by atoms with Crippen LogP contribution < -0.4 is 5.73 Å². The molecular formula is C17H17Cl2N. The summed E-state index contributed by atoms with van der Waals surface area (Å²) in [5.74, 6) is 0.896. The molecule has 1 aliphatic rings. The molecule has 20 heavy (non-hydrogen) atoms. The molecule has 2 aromatic rings. The summed E-state index contributed by atoms with van der Waals surface area (Å²) in [6.07, 6.45) is 2.15. The van der Waals surface area contributed by atoms with Gasteiger partial charge in [-0.1, -0.05) is 53.5 Å². The topological polar surface area (TPSA) is 26.0 Å².